The molecular formula is C22H42IN5O2. The van der Waals surface area contributed by atoms with Gasteiger partial charge in [-0.05, 0) is 32.6 Å². The number of likely N-dealkylation sites (tertiary alicyclic amines) is 1. The number of ether oxygens (including phenoxy) is 1. The average molecular weight is 536 g/mol. The molecule has 0 bridgehead atoms. The molecule has 1 atom stereocenters. The summed E-state index contributed by atoms with van der Waals surface area (Å²) in [5, 5.41) is 3.46. The van der Waals surface area contributed by atoms with E-state index >= 15 is 0 Å². The predicted molar refractivity (Wildman–Crippen MR) is 133 cm³/mol. The second-order valence-electron chi connectivity index (χ2n) is 8.69. The van der Waals surface area contributed by atoms with Crippen LogP contribution in [0.3, 0.4) is 0 Å². The van der Waals surface area contributed by atoms with Gasteiger partial charge in [0.05, 0.1) is 18.8 Å². The summed E-state index contributed by atoms with van der Waals surface area (Å²) < 4.78 is 6.08. The summed E-state index contributed by atoms with van der Waals surface area (Å²) in [5.74, 6) is 1.25. The minimum Gasteiger partial charge on any atom is -0.376 e. The van der Waals surface area contributed by atoms with Crippen molar-refractivity contribution in [3.05, 3.63) is 0 Å². The van der Waals surface area contributed by atoms with Crippen LogP contribution in [0.15, 0.2) is 4.99 Å². The highest BCUT2D eigenvalue weighted by Gasteiger charge is 2.30. The summed E-state index contributed by atoms with van der Waals surface area (Å²) in [6, 6.07) is -0.0156. The Kier molecular flexibility index (Phi) is 11.7. The van der Waals surface area contributed by atoms with Gasteiger partial charge in [-0.1, -0.05) is 25.7 Å². The third-order valence-corrected chi connectivity index (χ3v) is 6.69. The van der Waals surface area contributed by atoms with Crippen molar-refractivity contribution >= 4 is 35.8 Å². The summed E-state index contributed by atoms with van der Waals surface area (Å²) in [6.07, 6.45) is 10.5. The molecule has 8 heteroatoms. The molecule has 1 unspecified atom stereocenters. The first-order chi connectivity index (χ1) is 14.2. The highest BCUT2D eigenvalue weighted by Crippen LogP contribution is 2.19. The van der Waals surface area contributed by atoms with Gasteiger partial charge in [0.25, 0.3) is 0 Å². The van der Waals surface area contributed by atoms with E-state index in [9.17, 15) is 4.79 Å². The van der Waals surface area contributed by atoms with Crippen LogP contribution in [0.1, 0.15) is 58.3 Å². The first-order valence-corrected chi connectivity index (χ1v) is 11.8. The molecule has 0 spiro atoms. The fourth-order valence-corrected chi connectivity index (χ4v) is 4.81. The number of aliphatic imine (C=N–C) groups is 1. The summed E-state index contributed by atoms with van der Waals surface area (Å²) in [7, 11) is 1.85. The molecule has 0 radical (unpaired) electrons. The topological polar surface area (TPSA) is 60.4 Å². The van der Waals surface area contributed by atoms with Gasteiger partial charge in [-0.3, -0.25) is 14.7 Å². The number of halogens is 1. The number of carbonyl (C=O) groups is 1. The number of guanidine groups is 1. The number of carbonyl (C=O) groups excluding carboxylic acids is 1. The zero-order valence-corrected chi connectivity index (χ0v) is 21.3. The first-order valence-electron chi connectivity index (χ1n) is 11.8. The number of rotatable bonds is 6. The fourth-order valence-electron chi connectivity index (χ4n) is 4.81. The Balaban J connectivity index is 0.00000320. The quantitative estimate of drug-likeness (QED) is 0.186. The van der Waals surface area contributed by atoms with Gasteiger partial charge < -0.3 is 19.9 Å². The van der Waals surface area contributed by atoms with Crippen molar-refractivity contribution < 1.29 is 9.53 Å². The zero-order valence-electron chi connectivity index (χ0n) is 19.0. The summed E-state index contributed by atoms with van der Waals surface area (Å²) in [5.41, 5.74) is 0. The second-order valence-corrected chi connectivity index (χ2v) is 8.69. The van der Waals surface area contributed by atoms with E-state index in [-0.39, 0.29) is 30.0 Å². The molecule has 3 rings (SSSR count). The first kappa shape index (κ1) is 25.6. The van der Waals surface area contributed by atoms with Crippen LogP contribution in [0.4, 0.5) is 0 Å². The highest BCUT2D eigenvalue weighted by atomic mass is 127. The normalized spacial score (nSPS) is 23.1. The fraction of sp³-hybridized carbons (Fsp3) is 0.909. The Morgan fingerprint density at radius 3 is 2.20 bits per heavy atom. The number of hydrogen-bond donors (Lipinski definition) is 1. The summed E-state index contributed by atoms with van der Waals surface area (Å²) in [4.78, 5) is 23.8. The third-order valence-electron chi connectivity index (χ3n) is 6.69. The van der Waals surface area contributed by atoms with Crippen LogP contribution < -0.4 is 5.32 Å². The van der Waals surface area contributed by atoms with Crippen molar-refractivity contribution in [1.29, 1.82) is 0 Å². The molecule has 1 amide bonds. The number of piperazine rings is 1. The molecule has 7 nitrogen and oxygen atoms in total. The standard InChI is InChI=1S/C22H41N5O2.HI/c1-19(21(28)26-12-7-8-13-26)25-14-16-27(17-15-25)22(23-2)24-11-18-29-20-9-5-3-4-6-10-20;/h19-20H,3-18H2,1-2H3,(H,23,24);1H. The van der Waals surface area contributed by atoms with Gasteiger partial charge in [0, 0.05) is 52.9 Å². The van der Waals surface area contributed by atoms with Crippen molar-refractivity contribution in [3.63, 3.8) is 0 Å². The van der Waals surface area contributed by atoms with E-state index < -0.39 is 0 Å². The summed E-state index contributed by atoms with van der Waals surface area (Å²) >= 11 is 0. The number of nitrogens with zero attached hydrogens (tertiary/aromatic N) is 4. The zero-order chi connectivity index (χ0) is 20.5. The SMILES string of the molecule is CN=C(NCCOC1CCCCCC1)N1CCN(C(C)C(=O)N2CCCC2)CC1.I. The monoisotopic (exact) mass is 535 g/mol. The number of hydrogen-bond acceptors (Lipinski definition) is 4. The number of amides is 1. The minimum absolute atomic E-state index is 0. The maximum absolute atomic E-state index is 12.7. The van der Waals surface area contributed by atoms with E-state index in [1.165, 1.54) is 38.5 Å². The Morgan fingerprint density at radius 2 is 1.60 bits per heavy atom. The van der Waals surface area contributed by atoms with Gasteiger partial charge in [-0.15, -0.1) is 24.0 Å². The lowest BCUT2D eigenvalue weighted by Gasteiger charge is -2.39. The van der Waals surface area contributed by atoms with Gasteiger partial charge in [-0.25, -0.2) is 0 Å². The van der Waals surface area contributed by atoms with Gasteiger partial charge >= 0.3 is 0 Å². The predicted octanol–water partition coefficient (Wildman–Crippen LogP) is 2.55. The van der Waals surface area contributed by atoms with E-state index in [0.717, 1.165) is 71.2 Å². The molecule has 30 heavy (non-hydrogen) atoms. The molecule has 2 saturated heterocycles. The van der Waals surface area contributed by atoms with Gasteiger partial charge in [0.2, 0.25) is 5.91 Å². The number of nitrogens with one attached hydrogen (secondary N) is 1. The maximum atomic E-state index is 12.7. The van der Waals surface area contributed by atoms with Crippen molar-refractivity contribution in [3.8, 4) is 0 Å². The molecule has 1 aliphatic carbocycles. The van der Waals surface area contributed by atoms with Crippen molar-refractivity contribution in [2.24, 2.45) is 4.99 Å². The molecule has 2 aliphatic heterocycles. The van der Waals surface area contributed by atoms with Gasteiger partial charge in [0.15, 0.2) is 5.96 Å². The van der Waals surface area contributed by atoms with E-state index in [1.807, 2.05) is 11.9 Å². The van der Waals surface area contributed by atoms with Crippen LogP contribution in [0, 0.1) is 0 Å². The Labute approximate surface area is 200 Å². The smallest absolute Gasteiger partial charge is 0.239 e. The average Bonchev–Trinajstić information content (AvgIpc) is 3.17. The summed E-state index contributed by atoms with van der Waals surface area (Å²) in [6.45, 7) is 9.08. The molecule has 0 aromatic rings. The molecule has 2 heterocycles. The van der Waals surface area contributed by atoms with Crippen molar-refractivity contribution in [1.82, 2.24) is 20.0 Å². The second kappa shape index (κ2) is 13.7. The van der Waals surface area contributed by atoms with E-state index in [0.29, 0.717) is 12.0 Å². The van der Waals surface area contributed by atoms with Crippen LogP contribution in [-0.2, 0) is 9.53 Å². The molecule has 1 N–H and O–H groups in total. The minimum atomic E-state index is -0.0156. The molecule has 0 aromatic carbocycles. The largest absolute Gasteiger partial charge is 0.376 e. The Morgan fingerprint density at radius 1 is 0.967 bits per heavy atom. The Bertz CT molecular complexity index is 526. The van der Waals surface area contributed by atoms with Crippen LogP contribution in [0.25, 0.3) is 0 Å². The third kappa shape index (κ3) is 7.51. The van der Waals surface area contributed by atoms with Crippen LogP contribution in [-0.4, -0.2) is 98.2 Å². The maximum Gasteiger partial charge on any atom is 0.239 e. The van der Waals surface area contributed by atoms with Crippen LogP contribution >= 0.6 is 24.0 Å². The molecular weight excluding hydrogens is 493 g/mol. The van der Waals surface area contributed by atoms with Crippen molar-refractivity contribution in [2.45, 2.75) is 70.4 Å². The lowest BCUT2D eigenvalue weighted by molar-refractivity contribution is -0.135. The van der Waals surface area contributed by atoms with E-state index in [4.69, 9.17) is 4.74 Å². The molecule has 0 aromatic heterocycles. The molecule has 3 aliphatic rings. The molecule has 3 fully saturated rings. The van der Waals surface area contributed by atoms with E-state index in [1.54, 1.807) is 0 Å². The van der Waals surface area contributed by atoms with Crippen molar-refractivity contribution in [2.75, 3.05) is 59.5 Å². The molecule has 174 valence electrons. The van der Waals surface area contributed by atoms with Crippen LogP contribution in [0.5, 0.6) is 0 Å². The van der Waals surface area contributed by atoms with Crippen LogP contribution in [0.2, 0.25) is 0 Å². The lowest BCUT2D eigenvalue weighted by atomic mass is 10.1. The van der Waals surface area contributed by atoms with Gasteiger partial charge in [0.1, 0.15) is 0 Å². The lowest BCUT2D eigenvalue weighted by Crippen LogP contribution is -2.57. The molecule has 1 saturated carbocycles. The van der Waals surface area contributed by atoms with Gasteiger partial charge in [-0.2, -0.15) is 0 Å². The highest BCUT2D eigenvalue weighted by molar-refractivity contribution is 14.0. The Hall–Kier alpha value is -0.610. The van der Waals surface area contributed by atoms with E-state index in [2.05, 4.69) is 27.0 Å².